The second kappa shape index (κ2) is 8.90. The zero-order valence-electron chi connectivity index (χ0n) is 10.6. The Labute approximate surface area is 107 Å². The molecule has 4 N–H and O–H groups in total. The molecule has 0 fully saturated rings. The van der Waals surface area contributed by atoms with E-state index in [1.165, 1.54) is 0 Å². The predicted molar refractivity (Wildman–Crippen MR) is 74.0 cm³/mol. The summed E-state index contributed by atoms with van der Waals surface area (Å²) in [7, 11) is 3.25. The Balaban J connectivity index is 0.000000321. The highest BCUT2D eigenvalue weighted by atomic mass is 16.5. The summed E-state index contributed by atoms with van der Waals surface area (Å²) in [5, 5.41) is 0. The lowest BCUT2D eigenvalue weighted by Gasteiger charge is -2.04. The summed E-state index contributed by atoms with van der Waals surface area (Å²) in [4.78, 5) is 0. The van der Waals surface area contributed by atoms with E-state index >= 15 is 0 Å². The third kappa shape index (κ3) is 5.23. The number of methoxy groups -OCH3 is 2. The van der Waals surface area contributed by atoms with E-state index in [-0.39, 0.29) is 5.48 Å². The lowest BCUT2D eigenvalue weighted by atomic mass is 10.3. The molecule has 0 spiro atoms. The van der Waals surface area contributed by atoms with Gasteiger partial charge >= 0.3 is 0 Å². The number of rotatable bonds is 2. The molecular weight excluding hydrogens is 230 g/mol. The van der Waals surface area contributed by atoms with Crippen LogP contribution in [0.25, 0.3) is 0 Å². The van der Waals surface area contributed by atoms with Gasteiger partial charge in [-0.25, -0.2) is 0 Å². The van der Waals surface area contributed by atoms with E-state index in [0.717, 1.165) is 17.2 Å². The van der Waals surface area contributed by atoms with Crippen LogP contribution in [0.2, 0.25) is 0 Å². The van der Waals surface area contributed by atoms with Crippen LogP contribution in [0.15, 0.2) is 54.6 Å². The fraction of sp³-hybridized carbons (Fsp3) is 0.143. The predicted octanol–water partition coefficient (Wildman–Crippen LogP) is 2.15. The summed E-state index contributed by atoms with van der Waals surface area (Å²) in [5.41, 5.74) is 6.18. The summed E-state index contributed by atoms with van der Waals surface area (Å²) in [6, 6.07) is 17.0. The van der Waals surface area contributed by atoms with Gasteiger partial charge in [-0.1, -0.05) is 30.3 Å². The summed E-state index contributed by atoms with van der Waals surface area (Å²) in [6.45, 7) is 0. The lowest BCUT2D eigenvalue weighted by molar-refractivity contribution is 0.355. The van der Waals surface area contributed by atoms with E-state index in [2.05, 4.69) is 0 Å². The van der Waals surface area contributed by atoms with Gasteiger partial charge < -0.3 is 20.7 Å². The van der Waals surface area contributed by atoms with Crippen molar-refractivity contribution in [1.82, 2.24) is 0 Å². The van der Waals surface area contributed by atoms with E-state index in [1.54, 1.807) is 14.2 Å². The van der Waals surface area contributed by atoms with Gasteiger partial charge in [-0.15, -0.1) is 0 Å². The van der Waals surface area contributed by atoms with Gasteiger partial charge in [0.1, 0.15) is 0 Å². The Kier molecular flexibility index (Phi) is 7.81. The standard InChI is InChI=1S/C8H10O2.C6H7N.H2O/c1-9-7-5-3-4-6-8(7)10-2;7-6-4-2-1-3-5-6;/h3-6H,1-2H3;1-5H,7H2;1H2. The van der Waals surface area contributed by atoms with Crippen LogP contribution in [0.3, 0.4) is 0 Å². The van der Waals surface area contributed by atoms with Gasteiger partial charge in [-0.05, 0) is 24.3 Å². The molecular formula is C14H19NO3. The SMILES string of the molecule is COc1ccccc1OC.Nc1ccccc1.O. The molecule has 4 nitrogen and oxygen atoms in total. The zero-order chi connectivity index (χ0) is 12.5. The topological polar surface area (TPSA) is 76.0 Å². The first-order chi connectivity index (χ1) is 8.27. The van der Waals surface area contributed by atoms with Crippen LogP contribution in [0.1, 0.15) is 0 Å². The van der Waals surface area contributed by atoms with E-state index in [0.29, 0.717) is 0 Å². The van der Waals surface area contributed by atoms with Gasteiger partial charge in [0.15, 0.2) is 11.5 Å². The molecule has 0 unspecified atom stereocenters. The minimum Gasteiger partial charge on any atom is -0.493 e. The van der Waals surface area contributed by atoms with Crippen molar-refractivity contribution in [1.29, 1.82) is 0 Å². The summed E-state index contributed by atoms with van der Waals surface area (Å²) < 4.78 is 10.0. The van der Waals surface area contributed by atoms with Crippen LogP contribution >= 0.6 is 0 Å². The van der Waals surface area contributed by atoms with E-state index in [9.17, 15) is 0 Å². The molecule has 0 aromatic heterocycles. The molecule has 0 radical (unpaired) electrons. The molecule has 4 heteroatoms. The fourth-order valence-corrected chi connectivity index (χ4v) is 1.24. The number of hydrogen-bond acceptors (Lipinski definition) is 3. The number of hydrogen-bond donors (Lipinski definition) is 1. The minimum atomic E-state index is 0. The molecule has 0 heterocycles. The molecule has 0 atom stereocenters. The maximum absolute atomic E-state index is 5.36. The highest BCUT2D eigenvalue weighted by Crippen LogP contribution is 2.24. The smallest absolute Gasteiger partial charge is 0.160 e. The average Bonchev–Trinajstić information content (AvgIpc) is 2.40. The molecule has 2 aromatic rings. The van der Waals surface area contributed by atoms with Gasteiger partial charge in [0.25, 0.3) is 0 Å². The van der Waals surface area contributed by atoms with Crippen LogP contribution in [-0.4, -0.2) is 19.7 Å². The molecule has 0 bridgehead atoms. The summed E-state index contributed by atoms with van der Waals surface area (Å²) in [5.74, 6) is 1.54. The minimum absolute atomic E-state index is 0. The van der Waals surface area contributed by atoms with Gasteiger partial charge in [-0.3, -0.25) is 0 Å². The highest BCUT2D eigenvalue weighted by Gasteiger charge is 1.97. The monoisotopic (exact) mass is 249 g/mol. The van der Waals surface area contributed by atoms with Gasteiger partial charge in [0.05, 0.1) is 14.2 Å². The van der Waals surface area contributed by atoms with Crippen molar-refractivity contribution in [3.63, 3.8) is 0 Å². The maximum Gasteiger partial charge on any atom is 0.160 e. The van der Waals surface area contributed by atoms with Crippen molar-refractivity contribution < 1.29 is 14.9 Å². The lowest BCUT2D eigenvalue weighted by Crippen LogP contribution is -1.88. The Bertz CT molecular complexity index is 409. The molecule has 2 aromatic carbocycles. The molecule has 0 saturated carbocycles. The summed E-state index contributed by atoms with van der Waals surface area (Å²) in [6.07, 6.45) is 0. The first kappa shape index (κ1) is 15.8. The third-order valence-corrected chi connectivity index (χ3v) is 2.09. The van der Waals surface area contributed by atoms with E-state index in [4.69, 9.17) is 15.2 Å². The third-order valence-electron chi connectivity index (χ3n) is 2.09. The van der Waals surface area contributed by atoms with Crippen LogP contribution in [-0.2, 0) is 0 Å². The van der Waals surface area contributed by atoms with Crippen LogP contribution in [0.5, 0.6) is 11.5 Å². The first-order valence-electron chi connectivity index (χ1n) is 5.25. The van der Waals surface area contributed by atoms with Crippen molar-refractivity contribution in [3.8, 4) is 11.5 Å². The van der Waals surface area contributed by atoms with Gasteiger partial charge in [0.2, 0.25) is 0 Å². The van der Waals surface area contributed by atoms with Crippen molar-refractivity contribution in [2.75, 3.05) is 20.0 Å². The largest absolute Gasteiger partial charge is 0.493 e. The van der Waals surface area contributed by atoms with Gasteiger partial charge in [-0.2, -0.15) is 0 Å². The Morgan fingerprint density at radius 1 is 0.722 bits per heavy atom. The number of ether oxygens (including phenoxy) is 2. The number of nitrogens with two attached hydrogens (primary N) is 1. The summed E-state index contributed by atoms with van der Waals surface area (Å²) >= 11 is 0. The quantitative estimate of drug-likeness (QED) is 0.828. The molecule has 0 saturated heterocycles. The Morgan fingerprint density at radius 3 is 1.39 bits per heavy atom. The molecule has 2 rings (SSSR count). The molecule has 18 heavy (non-hydrogen) atoms. The van der Waals surface area contributed by atoms with E-state index < -0.39 is 0 Å². The Hall–Kier alpha value is -2.20. The number of nitrogen functional groups attached to an aromatic ring is 1. The molecule has 0 aliphatic carbocycles. The zero-order valence-corrected chi connectivity index (χ0v) is 10.6. The maximum atomic E-state index is 5.36. The molecule has 0 aliphatic rings. The normalized spacial score (nSPS) is 8.33. The second-order valence-corrected chi connectivity index (χ2v) is 3.27. The Morgan fingerprint density at radius 2 is 1.11 bits per heavy atom. The van der Waals surface area contributed by atoms with Crippen molar-refractivity contribution in [2.45, 2.75) is 0 Å². The molecule has 0 aliphatic heterocycles. The van der Waals surface area contributed by atoms with Crippen LogP contribution in [0, 0.1) is 0 Å². The number of benzene rings is 2. The molecule has 0 amide bonds. The molecule has 98 valence electrons. The van der Waals surface area contributed by atoms with Crippen molar-refractivity contribution in [3.05, 3.63) is 54.6 Å². The van der Waals surface area contributed by atoms with Crippen molar-refractivity contribution in [2.24, 2.45) is 0 Å². The van der Waals surface area contributed by atoms with E-state index in [1.807, 2.05) is 54.6 Å². The van der Waals surface area contributed by atoms with Crippen LogP contribution in [0.4, 0.5) is 5.69 Å². The highest BCUT2D eigenvalue weighted by molar-refractivity contribution is 5.39. The van der Waals surface area contributed by atoms with Gasteiger partial charge in [0, 0.05) is 5.69 Å². The second-order valence-electron chi connectivity index (χ2n) is 3.27. The average molecular weight is 249 g/mol. The number of anilines is 1. The van der Waals surface area contributed by atoms with Crippen molar-refractivity contribution >= 4 is 5.69 Å². The number of para-hydroxylation sites is 3. The fourth-order valence-electron chi connectivity index (χ4n) is 1.24. The van der Waals surface area contributed by atoms with Crippen LogP contribution < -0.4 is 15.2 Å². The first-order valence-corrected chi connectivity index (χ1v) is 5.25.